The van der Waals surface area contributed by atoms with Gasteiger partial charge in [-0.05, 0) is 48.2 Å². The van der Waals surface area contributed by atoms with Gasteiger partial charge in [-0.1, -0.05) is 18.2 Å². The van der Waals surface area contributed by atoms with E-state index in [1.807, 2.05) is 0 Å². The third kappa shape index (κ3) is 3.38. The van der Waals surface area contributed by atoms with Crippen LogP contribution in [0, 0.1) is 11.7 Å². The molecule has 5 nitrogen and oxygen atoms in total. The molecule has 1 N–H and O–H groups in total. The zero-order valence-corrected chi connectivity index (χ0v) is 14.7. The Bertz CT molecular complexity index is 1010. The average Bonchev–Trinajstić information content (AvgIpc) is 3.35. The number of nitrogens with zero attached hydrogens (tertiary/aromatic N) is 2. The second-order valence-corrected chi connectivity index (χ2v) is 6.73. The molecule has 1 aliphatic rings. The van der Waals surface area contributed by atoms with E-state index in [0.717, 1.165) is 0 Å². The number of carbonyl (C=O) groups is 2. The molecule has 1 saturated carbocycles. The number of halogens is 1. The lowest BCUT2D eigenvalue weighted by Crippen LogP contribution is -2.15. The van der Waals surface area contributed by atoms with Crippen LogP contribution in [-0.4, -0.2) is 21.2 Å². The van der Waals surface area contributed by atoms with E-state index < -0.39 is 0 Å². The molecule has 2 atom stereocenters. The van der Waals surface area contributed by atoms with Gasteiger partial charge in [-0.3, -0.25) is 9.59 Å². The van der Waals surface area contributed by atoms with Crippen LogP contribution in [0.25, 0.3) is 0 Å². The highest BCUT2D eigenvalue weighted by atomic mass is 19.1. The molecule has 1 fully saturated rings. The number of amides is 1. The standard InChI is InChI=1S/C21H18FN3O2/c1-25-11-10-23-20(25)19(26)13-6-8-14(9-7-13)24-21(27)17-12-16(17)15-4-2-3-5-18(15)22/h2-11,16-17H,12H2,1H3,(H,24,27)/t16-,17+/m1/s1. The van der Waals surface area contributed by atoms with Crippen LogP contribution in [0.3, 0.4) is 0 Å². The first-order chi connectivity index (χ1) is 13.0. The first kappa shape index (κ1) is 17.1. The van der Waals surface area contributed by atoms with Gasteiger partial charge in [0.15, 0.2) is 5.82 Å². The van der Waals surface area contributed by atoms with Crippen LogP contribution in [0.1, 0.15) is 34.1 Å². The van der Waals surface area contributed by atoms with Gasteiger partial charge in [0.25, 0.3) is 0 Å². The van der Waals surface area contributed by atoms with Crippen LogP contribution in [-0.2, 0) is 11.8 Å². The zero-order valence-electron chi connectivity index (χ0n) is 14.7. The van der Waals surface area contributed by atoms with Crippen LogP contribution >= 0.6 is 0 Å². The third-order valence-corrected chi connectivity index (χ3v) is 4.87. The number of aromatic nitrogens is 2. The van der Waals surface area contributed by atoms with Crippen molar-refractivity contribution in [2.75, 3.05) is 5.32 Å². The van der Waals surface area contributed by atoms with E-state index in [0.29, 0.717) is 29.1 Å². The van der Waals surface area contributed by atoms with E-state index >= 15 is 0 Å². The van der Waals surface area contributed by atoms with Gasteiger partial charge in [-0.25, -0.2) is 9.37 Å². The molecule has 1 heterocycles. The SMILES string of the molecule is Cn1ccnc1C(=O)c1ccc(NC(=O)[C@H]2C[C@@H]2c2ccccc2F)cc1. The Hall–Kier alpha value is -3.28. The molecular weight excluding hydrogens is 345 g/mol. The highest BCUT2D eigenvalue weighted by molar-refractivity contribution is 6.07. The molecular formula is C21H18FN3O2. The van der Waals surface area contributed by atoms with Crippen molar-refractivity contribution < 1.29 is 14.0 Å². The van der Waals surface area contributed by atoms with E-state index in [9.17, 15) is 14.0 Å². The molecule has 1 aliphatic carbocycles. The lowest BCUT2D eigenvalue weighted by Gasteiger charge is -2.07. The van der Waals surface area contributed by atoms with Gasteiger partial charge in [-0.15, -0.1) is 0 Å². The summed E-state index contributed by atoms with van der Waals surface area (Å²) in [5.41, 5.74) is 1.70. The predicted molar refractivity (Wildman–Crippen MR) is 99.0 cm³/mol. The van der Waals surface area contributed by atoms with E-state index in [1.165, 1.54) is 6.07 Å². The van der Waals surface area contributed by atoms with E-state index in [4.69, 9.17) is 0 Å². The summed E-state index contributed by atoms with van der Waals surface area (Å²) in [6.45, 7) is 0. The Morgan fingerprint density at radius 3 is 2.56 bits per heavy atom. The number of ketones is 1. The van der Waals surface area contributed by atoms with Crippen molar-refractivity contribution in [3.8, 4) is 0 Å². The van der Waals surface area contributed by atoms with Gasteiger partial charge in [0.2, 0.25) is 11.7 Å². The van der Waals surface area contributed by atoms with Crippen molar-refractivity contribution in [3.63, 3.8) is 0 Å². The summed E-state index contributed by atoms with van der Waals surface area (Å²) in [6, 6.07) is 13.3. The maximum atomic E-state index is 13.8. The number of carbonyl (C=O) groups excluding carboxylic acids is 2. The summed E-state index contributed by atoms with van der Waals surface area (Å²) < 4.78 is 15.5. The molecule has 1 amide bonds. The summed E-state index contributed by atoms with van der Waals surface area (Å²) in [5.74, 6) is -0.521. The summed E-state index contributed by atoms with van der Waals surface area (Å²) in [4.78, 5) is 28.9. The molecule has 0 saturated heterocycles. The van der Waals surface area contributed by atoms with Crippen molar-refractivity contribution in [1.29, 1.82) is 0 Å². The minimum absolute atomic E-state index is 0.0736. The lowest BCUT2D eigenvalue weighted by atomic mass is 10.1. The van der Waals surface area contributed by atoms with Gasteiger partial charge < -0.3 is 9.88 Å². The Morgan fingerprint density at radius 2 is 1.89 bits per heavy atom. The van der Waals surface area contributed by atoms with Crippen molar-refractivity contribution in [1.82, 2.24) is 9.55 Å². The maximum Gasteiger partial charge on any atom is 0.228 e. The fourth-order valence-corrected chi connectivity index (χ4v) is 3.26. The largest absolute Gasteiger partial charge is 0.331 e. The molecule has 4 rings (SSSR count). The predicted octanol–water partition coefficient (Wildman–Crippen LogP) is 3.53. The fraction of sp³-hybridized carbons (Fsp3) is 0.190. The molecule has 0 unspecified atom stereocenters. The minimum atomic E-state index is -0.269. The molecule has 2 aromatic carbocycles. The second-order valence-electron chi connectivity index (χ2n) is 6.73. The van der Waals surface area contributed by atoms with Gasteiger partial charge in [0, 0.05) is 36.6 Å². The number of anilines is 1. The average molecular weight is 363 g/mol. The monoisotopic (exact) mass is 363 g/mol. The number of imidazole rings is 1. The smallest absolute Gasteiger partial charge is 0.228 e. The molecule has 136 valence electrons. The first-order valence-corrected chi connectivity index (χ1v) is 8.72. The van der Waals surface area contributed by atoms with Crippen molar-refractivity contribution in [2.45, 2.75) is 12.3 Å². The molecule has 0 aliphatic heterocycles. The zero-order chi connectivity index (χ0) is 19.0. The Labute approximate surface area is 155 Å². The molecule has 0 bridgehead atoms. The molecule has 6 heteroatoms. The first-order valence-electron chi connectivity index (χ1n) is 8.72. The number of nitrogens with one attached hydrogen (secondary N) is 1. The number of hydrogen-bond acceptors (Lipinski definition) is 3. The fourth-order valence-electron chi connectivity index (χ4n) is 3.26. The van der Waals surface area contributed by atoms with E-state index in [-0.39, 0.29) is 29.3 Å². The summed E-state index contributed by atoms with van der Waals surface area (Å²) >= 11 is 0. The molecule has 0 radical (unpaired) electrons. The quantitative estimate of drug-likeness (QED) is 0.706. The number of benzene rings is 2. The van der Waals surface area contributed by atoms with Crippen LogP contribution < -0.4 is 5.32 Å². The highest BCUT2D eigenvalue weighted by Gasteiger charge is 2.45. The molecule has 0 spiro atoms. The Morgan fingerprint density at radius 1 is 1.15 bits per heavy atom. The van der Waals surface area contributed by atoms with Crippen molar-refractivity contribution >= 4 is 17.4 Å². The lowest BCUT2D eigenvalue weighted by molar-refractivity contribution is -0.117. The number of aryl methyl sites for hydroxylation is 1. The van der Waals surface area contributed by atoms with E-state index in [2.05, 4.69) is 10.3 Å². The van der Waals surface area contributed by atoms with Gasteiger partial charge in [0.05, 0.1) is 0 Å². The van der Waals surface area contributed by atoms with Crippen LogP contribution in [0.15, 0.2) is 60.9 Å². The normalized spacial score (nSPS) is 18.1. The molecule has 1 aromatic heterocycles. The van der Waals surface area contributed by atoms with E-state index in [1.54, 1.807) is 66.5 Å². The number of rotatable bonds is 5. The summed E-state index contributed by atoms with van der Waals surface area (Å²) in [7, 11) is 1.76. The topological polar surface area (TPSA) is 64.0 Å². The maximum absolute atomic E-state index is 13.8. The van der Waals surface area contributed by atoms with Gasteiger partial charge in [-0.2, -0.15) is 0 Å². The van der Waals surface area contributed by atoms with Crippen LogP contribution in [0.2, 0.25) is 0 Å². The summed E-state index contributed by atoms with van der Waals surface area (Å²) in [6.07, 6.45) is 3.93. The van der Waals surface area contributed by atoms with Gasteiger partial charge >= 0.3 is 0 Å². The Kier molecular flexibility index (Phi) is 4.32. The minimum Gasteiger partial charge on any atom is -0.331 e. The Balaban J connectivity index is 1.41. The molecule has 3 aromatic rings. The van der Waals surface area contributed by atoms with Crippen molar-refractivity contribution in [3.05, 3.63) is 83.7 Å². The van der Waals surface area contributed by atoms with Gasteiger partial charge in [0.1, 0.15) is 5.82 Å². The van der Waals surface area contributed by atoms with Crippen LogP contribution in [0.4, 0.5) is 10.1 Å². The summed E-state index contributed by atoms with van der Waals surface area (Å²) in [5, 5.41) is 2.84. The second kappa shape index (κ2) is 6.79. The highest BCUT2D eigenvalue weighted by Crippen LogP contribution is 2.48. The molecule has 27 heavy (non-hydrogen) atoms. The van der Waals surface area contributed by atoms with Crippen LogP contribution in [0.5, 0.6) is 0 Å². The number of hydrogen-bond donors (Lipinski definition) is 1. The third-order valence-electron chi connectivity index (χ3n) is 4.87. The van der Waals surface area contributed by atoms with Crippen molar-refractivity contribution in [2.24, 2.45) is 13.0 Å².